The van der Waals surface area contributed by atoms with Gasteiger partial charge in [0.2, 0.25) is 5.91 Å². The lowest BCUT2D eigenvalue weighted by atomic mass is 10.1. The van der Waals surface area contributed by atoms with E-state index in [4.69, 9.17) is 5.11 Å². The van der Waals surface area contributed by atoms with Crippen LogP contribution in [0.15, 0.2) is 12.2 Å². The maximum absolute atomic E-state index is 11.7. The number of amides is 1. The molecule has 0 saturated carbocycles. The largest absolute Gasteiger partial charge is 0.396 e. The number of nitrogens with one attached hydrogen (secondary N) is 1. The highest BCUT2D eigenvalue weighted by Gasteiger charge is 2.02. The fourth-order valence-electron chi connectivity index (χ4n) is 2.50. The van der Waals surface area contributed by atoms with Crippen LogP contribution in [0.3, 0.4) is 0 Å². The molecule has 0 saturated heterocycles. The second kappa shape index (κ2) is 17.5. The number of unbranched alkanes of at least 4 members (excludes halogenated alkanes) is 7. The third-order valence-electron chi connectivity index (χ3n) is 4.02. The highest BCUT2D eigenvalue weighted by molar-refractivity contribution is 5.75. The van der Waals surface area contributed by atoms with Crippen molar-refractivity contribution in [1.82, 2.24) is 10.2 Å². The molecular weight excluding hydrogens is 288 g/mol. The summed E-state index contributed by atoms with van der Waals surface area (Å²) < 4.78 is 0. The van der Waals surface area contributed by atoms with Crippen LogP contribution in [0.25, 0.3) is 0 Å². The number of likely N-dealkylation sites (N-methyl/N-ethyl adjacent to an activating group) is 1. The van der Waals surface area contributed by atoms with Gasteiger partial charge in [0.15, 0.2) is 0 Å². The topological polar surface area (TPSA) is 52.6 Å². The van der Waals surface area contributed by atoms with E-state index < -0.39 is 0 Å². The van der Waals surface area contributed by atoms with Crippen LogP contribution < -0.4 is 5.32 Å². The van der Waals surface area contributed by atoms with E-state index in [1.807, 2.05) is 6.92 Å². The Labute approximate surface area is 143 Å². The summed E-state index contributed by atoms with van der Waals surface area (Å²) in [5.74, 6) is 0.183. The van der Waals surface area contributed by atoms with E-state index in [9.17, 15) is 4.79 Å². The molecule has 0 fully saturated rings. The molecule has 23 heavy (non-hydrogen) atoms. The van der Waals surface area contributed by atoms with Gasteiger partial charge in [0, 0.05) is 26.1 Å². The molecule has 0 atom stereocenters. The maximum atomic E-state index is 11.7. The van der Waals surface area contributed by atoms with Crippen LogP contribution in [0.1, 0.15) is 71.1 Å². The highest BCUT2D eigenvalue weighted by Crippen LogP contribution is 2.05. The second-order valence-corrected chi connectivity index (χ2v) is 6.31. The van der Waals surface area contributed by atoms with Crippen molar-refractivity contribution in [2.24, 2.45) is 0 Å². The van der Waals surface area contributed by atoms with Crippen molar-refractivity contribution < 1.29 is 9.90 Å². The minimum Gasteiger partial charge on any atom is -0.396 e. The second-order valence-electron chi connectivity index (χ2n) is 6.31. The third-order valence-corrected chi connectivity index (χ3v) is 4.02. The smallest absolute Gasteiger partial charge is 0.220 e. The molecule has 0 unspecified atom stereocenters. The number of rotatable bonds is 16. The molecule has 0 aromatic carbocycles. The Balaban J connectivity index is 3.34. The molecule has 4 heteroatoms. The van der Waals surface area contributed by atoms with E-state index in [2.05, 4.69) is 29.4 Å². The van der Waals surface area contributed by atoms with Crippen LogP contribution in [0.4, 0.5) is 0 Å². The van der Waals surface area contributed by atoms with Crippen LogP contribution in [-0.4, -0.2) is 49.2 Å². The zero-order valence-corrected chi connectivity index (χ0v) is 15.4. The van der Waals surface area contributed by atoms with Crippen molar-refractivity contribution in [2.45, 2.75) is 71.1 Å². The number of hydrogen-bond acceptors (Lipinski definition) is 3. The van der Waals surface area contributed by atoms with Gasteiger partial charge in [-0.15, -0.1) is 0 Å². The summed E-state index contributed by atoms with van der Waals surface area (Å²) in [6.45, 7) is 5.12. The van der Waals surface area contributed by atoms with E-state index in [0.717, 1.165) is 51.7 Å². The summed E-state index contributed by atoms with van der Waals surface area (Å²) >= 11 is 0. The average molecular weight is 327 g/mol. The standard InChI is InChI=1S/C19H38N2O2/c1-3-4-5-8-11-14-19(23)20-15-17-21(2)16-12-9-6-7-10-13-18-22/h3-4,22H,5-18H2,1-2H3,(H,20,23)/b4-3+. The first-order valence-corrected chi connectivity index (χ1v) is 9.38. The quantitative estimate of drug-likeness (QED) is 0.337. The van der Waals surface area contributed by atoms with Gasteiger partial charge in [-0.1, -0.05) is 37.8 Å². The van der Waals surface area contributed by atoms with Crippen LogP contribution in [0, 0.1) is 0 Å². The van der Waals surface area contributed by atoms with Gasteiger partial charge in [0.25, 0.3) is 0 Å². The van der Waals surface area contributed by atoms with Crippen LogP contribution in [-0.2, 0) is 4.79 Å². The lowest BCUT2D eigenvalue weighted by Gasteiger charge is -2.16. The molecule has 0 aromatic heterocycles. The minimum absolute atomic E-state index is 0.183. The molecular formula is C19H38N2O2. The van der Waals surface area contributed by atoms with E-state index >= 15 is 0 Å². The van der Waals surface area contributed by atoms with Crippen molar-refractivity contribution in [3.8, 4) is 0 Å². The molecule has 2 N–H and O–H groups in total. The summed E-state index contributed by atoms with van der Waals surface area (Å²) in [6.07, 6.45) is 15.1. The molecule has 4 nitrogen and oxygen atoms in total. The minimum atomic E-state index is 0.183. The highest BCUT2D eigenvalue weighted by atomic mass is 16.2. The Bertz CT molecular complexity index is 293. The van der Waals surface area contributed by atoms with Crippen LogP contribution in [0.5, 0.6) is 0 Å². The van der Waals surface area contributed by atoms with Crippen LogP contribution in [0.2, 0.25) is 0 Å². The SMILES string of the molecule is C/C=C/CCCCC(=O)NCCN(C)CCCCCCCCO. The average Bonchev–Trinajstić information content (AvgIpc) is 2.54. The maximum Gasteiger partial charge on any atom is 0.220 e. The monoisotopic (exact) mass is 326 g/mol. The fourth-order valence-corrected chi connectivity index (χ4v) is 2.50. The van der Waals surface area contributed by atoms with Gasteiger partial charge in [-0.05, 0) is 52.6 Å². The Morgan fingerprint density at radius 3 is 2.39 bits per heavy atom. The van der Waals surface area contributed by atoms with Gasteiger partial charge in [-0.3, -0.25) is 4.79 Å². The Hall–Kier alpha value is -0.870. The zero-order chi connectivity index (χ0) is 17.2. The van der Waals surface area contributed by atoms with Crippen molar-refractivity contribution in [2.75, 3.05) is 33.3 Å². The van der Waals surface area contributed by atoms with E-state index in [0.29, 0.717) is 13.0 Å². The number of carbonyl (C=O) groups excluding carboxylic acids is 1. The molecule has 0 spiro atoms. The molecule has 136 valence electrons. The van der Waals surface area contributed by atoms with E-state index in [-0.39, 0.29) is 5.91 Å². The molecule has 0 aliphatic heterocycles. The number of nitrogens with zero attached hydrogens (tertiary/aromatic N) is 1. The first-order valence-electron chi connectivity index (χ1n) is 9.38. The molecule has 0 aliphatic rings. The number of allylic oxidation sites excluding steroid dienone is 2. The van der Waals surface area contributed by atoms with Crippen molar-refractivity contribution in [3.05, 3.63) is 12.2 Å². The van der Waals surface area contributed by atoms with Gasteiger partial charge in [0.05, 0.1) is 0 Å². The fraction of sp³-hybridized carbons (Fsp3) is 0.842. The van der Waals surface area contributed by atoms with Gasteiger partial charge in [0.1, 0.15) is 0 Å². The lowest BCUT2D eigenvalue weighted by molar-refractivity contribution is -0.121. The summed E-state index contributed by atoms with van der Waals surface area (Å²) in [5, 5.41) is 11.7. The van der Waals surface area contributed by atoms with Crippen molar-refractivity contribution >= 4 is 5.91 Å². The van der Waals surface area contributed by atoms with Gasteiger partial charge >= 0.3 is 0 Å². The first kappa shape index (κ1) is 22.1. The molecule has 0 heterocycles. The summed E-state index contributed by atoms with van der Waals surface area (Å²) in [4.78, 5) is 14.0. The van der Waals surface area contributed by atoms with Crippen LogP contribution >= 0.6 is 0 Å². The molecule has 0 aromatic rings. The number of aliphatic hydroxyl groups excluding tert-OH is 1. The van der Waals surface area contributed by atoms with Crippen molar-refractivity contribution in [3.63, 3.8) is 0 Å². The summed E-state index contributed by atoms with van der Waals surface area (Å²) in [7, 11) is 2.12. The Morgan fingerprint density at radius 2 is 1.70 bits per heavy atom. The molecule has 0 bridgehead atoms. The van der Waals surface area contributed by atoms with Gasteiger partial charge < -0.3 is 15.3 Å². The number of hydrogen-bond donors (Lipinski definition) is 2. The molecule has 0 aliphatic carbocycles. The molecule has 0 rings (SSSR count). The lowest BCUT2D eigenvalue weighted by Crippen LogP contribution is -2.33. The summed E-state index contributed by atoms with van der Waals surface area (Å²) in [5.41, 5.74) is 0. The normalized spacial score (nSPS) is 11.5. The third kappa shape index (κ3) is 17.3. The number of aliphatic hydroxyl groups is 1. The predicted octanol–water partition coefficient (Wildman–Crippen LogP) is 3.50. The van der Waals surface area contributed by atoms with E-state index in [1.54, 1.807) is 0 Å². The van der Waals surface area contributed by atoms with Crippen molar-refractivity contribution in [1.29, 1.82) is 0 Å². The van der Waals surface area contributed by atoms with E-state index in [1.165, 1.54) is 25.7 Å². The summed E-state index contributed by atoms with van der Waals surface area (Å²) in [6, 6.07) is 0. The first-order chi connectivity index (χ1) is 11.2. The van der Waals surface area contributed by atoms with Gasteiger partial charge in [-0.2, -0.15) is 0 Å². The Kier molecular flexibility index (Phi) is 16.8. The Morgan fingerprint density at radius 1 is 1.00 bits per heavy atom. The predicted molar refractivity (Wildman–Crippen MR) is 98.6 cm³/mol. The van der Waals surface area contributed by atoms with Gasteiger partial charge in [-0.25, -0.2) is 0 Å². The molecule has 0 radical (unpaired) electrons. The zero-order valence-electron chi connectivity index (χ0n) is 15.4. The molecule has 1 amide bonds. The number of carbonyl (C=O) groups is 1.